The molecular formula is C19H32N4O4. The third-order valence-corrected chi connectivity index (χ3v) is 4.19. The largest absolute Gasteiger partial charge is 0.480 e. The van der Waals surface area contributed by atoms with Gasteiger partial charge in [-0.05, 0) is 32.1 Å². The van der Waals surface area contributed by atoms with Crippen molar-refractivity contribution >= 4 is 17.8 Å². The fraction of sp³-hybridized carbons (Fsp3) is 0.684. The van der Waals surface area contributed by atoms with Crippen LogP contribution in [0.3, 0.4) is 0 Å². The Bertz CT molecular complexity index is 679. The third-order valence-electron chi connectivity index (χ3n) is 4.19. The van der Waals surface area contributed by atoms with E-state index in [0.29, 0.717) is 12.3 Å². The predicted molar refractivity (Wildman–Crippen MR) is 102 cm³/mol. The SMILES string of the molecule is Cc1nn(CC(C)C)c(C)c1CC(=O)NCC(=O)N[C@@H](CC(C)C)C(=O)O. The number of nitrogens with zero attached hydrogens (tertiary/aromatic N) is 2. The lowest BCUT2D eigenvalue weighted by Crippen LogP contribution is -2.46. The number of carboxylic acids is 1. The maximum absolute atomic E-state index is 12.2. The van der Waals surface area contributed by atoms with Crippen LogP contribution in [0.1, 0.15) is 51.1 Å². The molecule has 0 saturated heterocycles. The highest BCUT2D eigenvalue weighted by Crippen LogP contribution is 2.15. The molecule has 0 aliphatic heterocycles. The van der Waals surface area contributed by atoms with Crippen LogP contribution in [0.15, 0.2) is 0 Å². The molecule has 1 atom stereocenters. The first-order valence-electron chi connectivity index (χ1n) is 9.33. The van der Waals surface area contributed by atoms with E-state index in [-0.39, 0.29) is 24.8 Å². The molecule has 1 rings (SSSR count). The Hall–Kier alpha value is -2.38. The van der Waals surface area contributed by atoms with Gasteiger partial charge in [-0.25, -0.2) is 4.79 Å². The van der Waals surface area contributed by atoms with Gasteiger partial charge in [0.15, 0.2) is 0 Å². The summed E-state index contributed by atoms with van der Waals surface area (Å²) in [6.45, 7) is 12.3. The highest BCUT2D eigenvalue weighted by atomic mass is 16.4. The van der Waals surface area contributed by atoms with Gasteiger partial charge in [-0.3, -0.25) is 14.3 Å². The molecule has 0 fully saturated rings. The molecule has 27 heavy (non-hydrogen) atoms. The van der Waals surface area contributed by atoms with Gasteiger partial charge in [0, 0.05) is 17.8 Å². The first-order valence-corrected chi connectivity index (χ1v) is 9.33. The highest BCUT2D eigenvalue weighted by Gasteiger charge is 2.21. The van der Waals surface area contributed by atoms with Crippen molar-refractivity contribution in [1.82, 2.24) is 20.4 Å². The van der Waals surface area contributed by atoms with E-state index in [1.165, 1.54) is 0 Å². The van der Waals surface area contributed by atoms with Crippen molar-refractivity contribution in [2.45, 2.75) is 67.0 Å². The van der Waals surface area contributed by atoms with Gasteiger partial charge in [0.05, 0.1) is 18.7 Å². The number of hydrogen-bond acceptors (Lipinski definition) is 4. The number of aliphatic carboxylic acids is 1. The van der Waals surface area contributed by atoms with Crippen LogP contribution in [0.4, 0.5) is 0 Å². The number of carbonyl (C=O) groups excluding carboxylic acids is 2. The molecule has 0 aliphatic rings. The predicted octanol–water partition coefficient (Wildman–Crippen LogP) is 1.43. The van der Waals surface area contributed by atoms with Crippen LogP contribution in [0.5, 0.6) is 0 Å². The summed E-state index contributed by atoms with van der Waals surface area (Å²) >= 11 is 0. The second-order valence-corrected chi connectivity index (χ2v) is 7.77. The van der Waals surface area contributed by atoms with Gasteiger partial charge in [-0.2, -0.15) is 5.10 Å². The molecule has 0 aliphatic carbocycles. The maximum Gasteiger partial charge on any atom is 0.326 e. The van der Waals surface area contributed by atoms with Crippen LogP contribution in [-0.2, 0) is 27.3 Å². The van der Waals surface area contributed by atoms with Gasteiger partial charge in [0.25, 0.3) is 0 Å². The monoisotopic (exact) mass is 380 g/mol. The second kappa shape index (κ2) is 10.1. The number of aromatic nitrogens is 2. The van der Waals surface area contributed by atoms with Crippen molar-refractivity contribution in [3.63, 3.8) is 0 Å². The van der Waals surface area contributed by atoms with Crippen LogP contribution in [0.25, 0.3) is 0 Å². The summed E-state index contributed by atoms with van der Waals surface area (Å²) in [5.41, 5.74) is 2.61. The Morgan fingerprint density at radius 1 is 1.07 bits per heavy atom. The van der Waals surface area contributed by atoms with Crippen LogP contribution < -0.4 is 10.6 Å². The molecule has 0 radical (unpaired) electrons. The molecule has 1 heterocycles. The molecular weight excluding hydrogens is 348 g/mol. The molecule has 3 N–H and O–H groups in total. The molecule has 8 nitrogen and oxygen atoms in total. The van der Waals surface area contributed by atoms with E-state index in [9.17, 15) is 14.4 Å². The zero-order valence-corrected chi connectivity index (χ0v) is 17.1. The number of aryl methyl sites for hydroxylation is 1. The number of hydrogen-bond donors (Lipinski definition) is 3. The first-order chi connectivity index (χ1) is 12.5. The average molecular weight is 380 g/mol. The molecule has 1 aromatic heterocycles. The lowest BCUT2D eigenvalue weighted by atomic mass is 10.0. The van der Waals surface area contributed by atoms with Crippen molar-refractivity contribution in [1.29, 1.82) is 0 Å². The minimum absolute atomic E-state index is 0.134. The maximum atomic E-state index is 12.2. The number of nitrogens with one attached hydrogen (secondary N) is 2. The van der Waals surface area contributed by atoms with E-state index in [4.69, 9.17) is 5.11 Å². The summed E-state index contributed by atoms with van der Waals surface area (Å²) in [5.74, 6) is -1.31. The molecule has 2 amide bonds. The molecule has 0 saturated carbocycles. The molecule has 0 aromatic carbocycles. The lowest BCUT2D eigenvalue weighted by molar-refractivity contribution is -0.142. The van der Waals surface area contributed by atoms with Crippen molar-refractivity contribution in [3.8, 4) is 0 Å². The Balaban J connectivity index is 2.59. The number of rotatable bonds is 10. The van der Waals surface area contributed by atoms with Gasteiger partial charge in [0.1, 0.15) is 6.04 Å². The van der Waals surface area contributed by atoms with E-state index < -0.39 is 17.9 Å². The third kappa shape index (κ3) is 7.40. The summed E-state index contributed by atoms with van der Waals surface area (Å²) in [7, 11) is 0. The van der Waals surface area contributed by atoms with E-state index in [0.717, 1.165) is 23.5 Å². The van der Waals surface area contributed by atoms with Gasteiger partial charge >= 0.3 is 5.97 Å². The number of carbonyl (C=O) groups is 3. The molecule has 152 valence electrons. The normalized spacial score (nSPS) is 12.3. The summed E-state index contributed by atoms with van der Waals surface area (Å²) < 4.78 is 1.90. The standard InChI is InChI=1S/C19H32N4O4/c1-11(2)7-16(19(26)27)21-18(25)9-20-17(24)8-15-13(5)22-23(14(15)6)10-12(3)4/h11-12,16H,7-10H2,1-6H3,(H,20,24)(H,21,25)(H,26,27)/t16-/m0/s1. The molecule has 8 heteroatoms. The Morgan fingerprint density at radius 2 is 1.70 bits per heavy atom. The minimum Gasteiger partial charge on any atom is -0.480 e. The van der Waals surface area contributed by atoms with Gasteiger partial charge in [-0.1, -0.05) is 27.7 Å². The van der Waals surface area contributed by atoms with Crippen LogP contribution >= 0.6 is 0 Å². The van der Waals surface area contributed by atoms with Crippen LogP contribution in [0.2, 0.25) is 0 Å². The minimum atomic E-state index is -1.08. The molecule has 0 bridgehead atoms. The molecule has 0 spiro atoms. The summed E-state index contributed by atoms with van der Waals surface area (Å²) in [5, 5.41) is 18.6. The zero-order valence-electron chi connectivity index (χ0n) is 17.1. The van der Waals surface area contributed by atoms with E-state index in [1.807, 2.05) is 32.4 Å². The smallest absolute Gasteiger partial charge is 0.326 e. The summed E-state index contributed by atoms with van der Waals surface area (Å²) in [4.78, 5) is 35.3. The fourth-order valence-electron chi connectivity index (χ4n) is 2.85. The van der Waals surface area contributed by atoms with E-state index in [1.54, 1.807) is 0 Å². The molecule has 1 aromatic rings. The topological polar surface area (TPSA) is 113 Å². The van der Waals surface area contributed by atoms with Crippen LogP contribution in [-0.4, -0.2) is 45.3 Å². The van der Waals surface area contributed by atoms with Crippen molar-refractivity contribution in [2.24, 2.45) is 11.8 Å². The number of amides is 2. The number of carboxylic acid groups (broad SMARTS) is 1. The Labute approximate surface area is 160 Å². The summed E-state index contributed by atoms with van der Waals surface area (Å²) in [6, 6.07) is -0.951. The molecule has 0 unspecified atom stereocenters. The Morgan fingerprint density at radius 3 is 2.22 bits per heavy atom. The summed E-state index contributed by atoms with van der Waals surface area (Å²) in [6.07, 6.45) is 0.472. The van der Waals surface area contributed by atoms with Crippen molar-refractivity contribution in [2.75, 3.05) is 6.54 Å². The Kier molecular flexibility index (Phi) is 8.46. The van der Waals surface area contributed by atoms with Gasteiger partial charge in [0.2, 0.25) is 11.8 Å². The highest BCUT2D eigenvalue weighted by molar-refractivity contribution is 5.88. The second-order valence-electron chi connectivity index (χ2n) is 7.77. The van der Waals surface area contributed by atoms with Crippen molar-refractivity contribution in [3.05, 3.63) is 17.0 Å². The van der Waals surface area contributed by atoms with Gasteiger partial charge in [-0.15, -0.1) is 0 Å². The fourth-order valence-corrected chi connectivity index (χ4v) is 2.85. The van der Waals surface area contributed by atoms with Gasteiger partial charge < -0.3 is 15.7 Å². The zero-order chi connectivity index (χ0) is 20.7. The lowest BCUT2D eigenvalue weighted by Gasteiger charge is -2.16. The first kappa shape index (κ1) is 22.7. The van der Waals surface area contributed by atoms with Crippen molar-refractivity contribution < 1.29 is 19.5 Å². The van der Waals surface area contributed by atoms with Crippen LogP contribution in [0, 0.1) is 25.7 Å². The van der Waals surface area contributed by atoms with E-state index >= 15 is 0 Å². The quantitative estimate of drug-likeness (QED) is 0.568. The van der Waals surface area contributed by atoms with E-state index in [2.05, 4.69) is 29.6 Å². The average Bonchev–Trinajstić information content (AvgIpc) is 2.78.